The van der Waals surface area contributed by atoms with Crippen molar-refractivity contribution in [3.8, 4) is 5.75 Å². The molecule has 1 saturated heterocycles. The number of carbonyl (C=O) groups is 2. The number of halogens is 1. The van der Waals surface area contributed by atoms with Gasteiger partial charge in [-0.2, -0.15) is 4.72 Å². The zero-order valence-corrected chi connectivity index (χ0v) is 23.2. The van der Waals surface area contributed by atoms with E-state index in [1.165, 1.54) is 12.1 Å². The lowest BCUT2D eigenvalue weighted by Crippen LogP contribution is -2.47. The third-order valence-electron chi connectivity index (χ3n) is 6.56. The molecule has 0 bridgehead atoms. The summed E-state index contributed by atoms with van der Waals surface area (Å²) in [4.78, 5) is 26.6. The van der Waals surface area contributed by atoms with Gasteiger partial charge in [0.25, 0.3) is 0 Å². The third kappa shape index (κ3) is 7.81. The van der Waals surface area contributed by atoms with E-state index >= 15 is 0 Å². The highest BCUT2D eigenvalue weighted by Gasteiger charge is 2.31. The average Bonchev–Trinajstić information content (AvgIpc) is 3.05. The minimum absolute atomic E-state index is 0.107. The van der Waals surface area contributed by atoms with E-state index < -0.39 is 22.0 Å². The van der Waals surface area contributed by atoms with Gasteiger partial charge in [-0.1, -0.05) is 47.5 Å². The number of hydrogen-bond acceptors (Lipinski definition) is 5. The SMILES string of the molecule is Cc1ccc(S(=O)(=O)NC2CCCCN(Cc3cc(CC(=O)O)ccc3OCc3ccc(Cl)cc3)C2=O)cc1. The molecule has 1 aliphatic rings. The molecule has 0 aliphatic carbocycles. The number of ether oxygens (including phenoxy) is 1. The van der Waals surface area contributed by atoms with Gasteiger partial charge in [0, 0.05) is 23.7 Å². The normalized spacial score (nSPS) is 16.1. The molecule has 206 valence electrons. The summed E-state index contributed by atoms with van der Waals surface area (Å²) in [6.07, 6.45) is 1.61. The van der Waals surface area contributed by atoms with Crippen LogP contribution < -0.4 is 9.46 Å². The lowest BCUT2D eigenvalue weighted by molar-refractivity contribution is -0.136. The number of amides is 1. The Balaban J connectivity index is 1.55. The number of benzene rings is 3. The first kappa shape index (κ1) is 28.6. The van der Waals surface area contributed by atoms with Crippen LogP contribution >= 0.6 is 11.6 Å². The fourth-order valence-corrected chi connectivity index (χ4v) is 5.82. The minimum atomic E-state index is -3.89. The molecule has 1 amide bonds. The average molecular weight is 571 g/mol. The molecule has 39 heavy (non-hydrogen) atoms. The molecule has 2 N–H and O–H groups in total. The van der Waals surface area contributed by atoms with Crippen molar-refractivity contribution in [3.63, 3.8) is 0 Å². The largest absolute Gasteiger partial charge is 0.489 e. The van der Waals surface area contributed by atoms with Crippen LogP contribution in [0.4, 0.5) is 0 Å². The molecular weight excluding hydrogens is 540 g/mol. The Morgan fingerprint density at radius 1 is 1.05 bits per heavy atom. The number of carboxylic acids is 1. The first-order chi connectivity index (χ1) is 18.6. The van der Waals surface area contributed by atoms with Crippen molar-refractivity contribution in [2.45, 2.75) is 56.7 Å². The van der Waals surface area contributed by atoms with Crippen LogP contribution in [0.25, 0.3) is 0 Å². The van der Waals surface area contributed by atoms with E-state index in [0.717, 1.165) is 11.1 Å². The molecule has 1 heterocycles. The number of sulfonamides is 1. The Labute approximate surface area is 233 Å². The maximum atomic E-state index is 13.5. The number of nitrogens with zero attached hydrogens (tertiary/aromatic N) is 1. The fraction of sp³-hybridized carbons (Fsp3) is 0.310. The highest BCUT2D eigenvalue weighted by Crippen LogP contribution is 2.26. The second-order valence-electron chi connectivity index (χ2n) is 9.67. The molecule has 3 aromatic rings. The van der Waals surface area contributed by atoms with Crippen LogP contribution in [-0.2, 0) is 39.2 Å². The van der Waals surface area contributed by atoms with Crippen LogP contribution in [0, 0.1) is 6.92 Å². The fourth-order valence-electron chi connectivity index (χ4n) is 4.47. The van der Waals surface area contributed by atoms with E-state index in [-0.39, 0.29) is 30.4 Å². The van der Waals surface area contributed by atoms with E-state index in [9.17, 15) is 23.1 Å². The summed E-state index contributed by atoms with van der Waals surface area (Å²) in [6.45, 7) is 2.73. The predicted octanol–water partition coefficient (Wildman–Crippen LogP) is 4.71. The number of likely N-dealkylation sites (tertiary alicyclic amines) is 1. The molecular formula is C29H31ClN2O6S. The van der Waals surface area contributed by atoms with Gasteiger partial charge in [-0.3, -0.25) is 9.59 Å². The lowest BCUT2D eigenvalue weighted by Gasteiger charge is -2.26. The van der Waals surface area contributed by atoms with E-state index in [0.29, 0.717) is 47.7 Å². The number of aryl methyl sites for hydroxylation is 1. The zero-order chi connectivity index (χ0) is 28.0. The monoisotopic (exact) mass is 570 g/mol. The Hall–Kier alpha value is -3.40. The molecule has 0 saturated carbocycles. The standard InChI is InChI=1S/C29H31ClN2O6S/c1-20-5-12-25(13-6-20)39(36,37)31-26-4-2-3-15-32(29(26)35)18-23-16-22(17-28(33)34)9-14-27(23)38-19-21-7-10-24(30)11-8-21/h5-14,16,26,31H,2-4,15,17-19H2,1H3,(H,33,34). The Bertz CT molecular complexity index is 1430. The quantitative estimate of drug-likeness (QED) is 0.365. The minimum Gasteiger partial charge on any atom is -0.489 e. The smallest absolute Gasteiger partial charge is 0.307 e. The topological polar surface area (TPSA) is 113 Å². The Kier molecular flexibility index (Phi) is 9.27. The summed E-state index contributed by atoms with van der Waals surface area (Å²) < 4.78 is 34.7. The zero-order valence-electron chi connectivity index (χ0n) is 21.6. The molecule has 0 spiro atoms. The second-order valence-corrected chi connectivity index (χ2v) is 11.8. The van der Waals surface area contributed by atoms with Crippen molar-refractivity contribution < 1.29 is 27.9 Å². The van der Waals surface area contributed by atoms with Crippen molar-refractivity contribution in [3.05, 3.63) is 94.0 Å². The summed E-state index contributed by atoms with van der Waals surface area (Å²) in [6, 6.07) is 17.9. The van der Waals surface area contributed by atoms with Gasteiger partial charge >= 0.3 is 5.97 Å². The Morgan fingerprint density at radius 3 is 2.44 bits per heavy atom. The van der Waals surface area contributed by atoms with E-state index in [1.807, 2.05) is 19.1 Å². The van der Waals surface area contributed by atoms with Gasteiger partial charge < -0.3 is 14.7 Å². The maximum Gasteiger partial charge on any atom is 0.307 e. The number of carbonyl (C=O) groups excluding carboxylic acids is 1. The van der Waals surface area contributed by atoms with E-state index in [1.54, 1.807) is 47.4 Å². The van der Waals surface area contributed by atoms with Crippen molar-refractivity contribution in [2.75, 3.05) is 6.54 Å². The summed E-state index contributed by atoms with van der Waals surface area (Å²) >= 11 is 5.97. The predicted molar refractivity (Wildman–Crippen MR) is 148 cm³/mol. The maximum absolute atomic E-state index is 13.5. The molecule has 1 fully saturated rings. The number of nitrogens with one attached hydrogen (secondary N) is 1. The summed E-state index contributed by atoms with van der Waals surface area (Å²) in [7, 11) is -3.89. The molecule has 0 aromatic heterocycles. The highest BCUT2D eigenvalue weighted by atomic mass is 35.5. The molecule has 4 rings (SSSR count). The molecule has 3 aromatic carbocycles. The van der Waals surface area contributed by atoms with Gasteiger partial charge in [-0.15, -0.1) is 0 Å². The molecule has 0 radical (unpaired) electrons. The van der Waals surface area contributed by atoms with Gasteiger partial charge in [0.1, 0.15) is 18.4 Å². The number of rotatable bonds is 10. The van der Waals surface area contributed by atoms with E-state index in [2.05, 4.69) is 4.72 Å². The van der Waals surface area contributed by atoms with Crippen LogP contribution in [-0.4, -0.2) is 42.9 Å². The molecule has 1 unspecified atom stereocenters. The number of carboxylic acid groups (broad SMARTS) is 1. The Morgan fingerprint density at radius 2 is 1.74 bits per heavy atom. The first-order valence-corrected chi connectivity index (χ1v) is 14.6. The third-order valence-corrected chi connectivity index (χ3v) is 8.30. The molecule has 8 nitrogen and oxygen atoms in total. The summed E-state index contributed by atoms with van der Waals surface area (Å²) in [5.41, 5.74) is 3.06. The van der Waals surface area contributed by atoms with Crippen molar-refractivity contribution in [1.82, 2.24) is 9.62 Å². The van der Waals surface area contributed by atoms with Gasteiger partial charge in [0.05, 0.1) is 11.3 Å². The van der Waals surface area contributed by atoms with Crippen molar-refractivity contribution in [2.24, 2.45) is 0 Å². The second kappa shape index (κ2) is 12.6. The van der Waals surface area contributed by atoms with Gasteiger partial charge in [-0.05, 0) is 73.7 Å². The van der Waals surface area contributed by atoms with Crippen molar-refractivity contribution >= 4 is 33.5 Å². The molecule has 10 heteroatoms. The van der Waals surface area contributed by atoms with Gasteiger partial charge in [0.15, 0.2) is 0 Å². The summed E-state index contributed by atoms with van der Waals surface area (Å²) in [5, 5.41) is 9.90. The van der Waals surface area contributed by atoms with Crippen LogP contribution in [0.1, 0.15) is 41.5 Å². The van der Waals surface area contributed by atoms with Crippen LogP contribution in [0.15, 0.2) is 71.6 Å². The van der Waals surface area contributed by atoms with Crippen LogP contribution in [0.3, 0.4) is 0 Å². The van der Waals surface area contributed by atoms with Crippen LogP contribution in [0.5, 0.6) is 5.75 Å². The molecule has 1 aliphatic heterocycles. The van der Waals surface area contributed by atoms with Crippen molar-refractivity contribution in [1.29, 1.82) is 0 Å². The van der Waals surface area contributed by atoms with E-state index in [4.69, 9.17) is 16.3 Å². The first-order valence-electron chi connectivity index (χ1n) is 12.7. The number of aliphatic carboxylic acids is 1. The van der Waals surface area contributed by atoms with Gasteiger partial charge in [-0.25, -0.2) is 8.42 Å². The molecule has 1 atom stereocenters. The summed E-state index contributed by atoms with van der Waals surface area (Å²) in [5.74, 6) is -0.768. The highest BCUT2D eigenvalue weighted by molar-refractivity contribution is 7.89. The number of hydrogen-bond donors (Lipinski definition) is 2. The lowest BCUT2D eigenvalue weighted by atomic mass is 10.1. The van der Waals surface area contributed by atoms with Crippen LogP contribution in [0.2, 0.25) is 5.02 Å². The van der Waals surface area contributed by atoms with Gasteiger partial charge in [0.2, 0.25) is 15.9 Å².